The number of para-hydroxylation sites is 2. The van der Waals surface area contributed by atoms with Crippen molar-refractivity contribution in [3.05, 3.63) is 246 Å². The lowest BCUT2D eigenvalue weighted by molar-refractivity contribution is 0.305. The van der Waals surface area contributed by atoms with Crippen LogP contribution in [0, 0.1) is 5.92 Å². The number of rotatable bonds is 8. The van der Waals surface area contributed by atoms with Gasteiger partial charge in [-0.05, 0) is 132 Å². The van der Waals surface area contributed by atoms with Gasteiger partial charge in [0.15, 0.2) is 0 Å². The Balaban J connectivity index is 0.889. The average molecular weight is 872 g/mol. The topological polar surface area (TPSA) is 4.93 Å². The highest BCUT2D eigenvalue weighted by Crippen LogP contribution is 2.58. The number of benzene rings is 9. The lowest BCUT2D eigenvalue weighted by atomic mass is 9.67. The minimum Gasteiger partial charge on any atom is -0.310 e. The summed E-state index contributed by atoms with van der Waals surface area (Å²) in [6, 6.07) is 66.0. The molecule has 10 aromatic rings. The standard InChI is InChI=1S/C67H53N/c1-3-67(4-2)60-41-45(35-39-52(60)53-40-38-49(42-61(53)67)68-62-29-17-15-25-54(62)55-26-16-18-30-63(55)68)32-31-44-33-36-47(37-34-44)58-43-59(46-19-7-5-8-20-46)65-56-27-13-11-23-50(56)51-24-12-14-28-57(51)66(65)64(58)48-21-9-6-10-22-48/h5-19,21-43,46,53,61H,3-4,20H2,1-2H3/b32-31+. The molecule has 326 valence electrons. The van der Waals surface area contributed by atoms with Crippen molar-refractivity contribution in [1.82, 2.24) is 4.57 Å². The fraction of sp³-hybridized carbons (Fsp3) is 0.134. The highest BCUT2D eigenvalue weighted by atomic mass is 15.0. The molecule has 0 fully saturated rings. The fourth-order valence-corrected chi connectivity index (χ4v) is 12.8. The van der Waals surface area contributed by atoms with E-state index in [1.54, 1.807) is 0 Å². The lowest BCUT2D eigenvalue weighted by Gasteiger charge is -2.36. The van der Waals surface area contributed by atoms with Gasteiger partial charge in [0.05, 0.1) is 11.0 Å². The van der Waals surface area contributed by atoms with E-state index in [-0.39, 0.29) is 11.3 Å². The SMILES string of the molecule is CCC1(CC)c2cc(/C=C/c3ccc(-c4cc(C5C=CC=CC5)c5c6ccccc6c6ccccc6c5c4-c4ccccc4)cc3)ccc2C2C=CC(n3c4ccccc4c4ccccc43)=CC21. The molecule has 3 atom stereocenters. The third-order valence-corrected chi connectivity index (χ3v) is 16.1. The first-order valence-corrected chi connectivity index (χ1v) is 24.7. The number of nitrogens with zero attached hydrogens (tertiary/aromatic N) is 1. The maximum absolute atomic E-state index is 2.61. The van der Waals surface area contributed by atoms with Crippen LogP contribution in [0.1, 0.15) is 72.8 Å². The largest absolute Gasteiger partial charge is 0.310 e. The minimum absolute atomic E-state index is 0.0523. The van der Waals surface area contributed by atoms with Gasteiger partial charge in [-0.2, -0.15) is 0 Å². The predicted octanol–water partition coefficient (Wildman–Crippen LogP) is 18.2. The van der Waals surface area contributed by atoms with Gasteiger partial charge in [0.25, 0.3) is 0 Å². The summed E-state index contributed by atoms with van der Waals surface area (Å²) < 4.78 is 2.49. The molecular weight excluding hydrogens is 819 g/mol. The van der Waals surface area contributed by atoms with E-state index < -0.39 is 0 Å². The summed E-state index contributed by atoms with van der Waals surface area (Å²) in [7, 11) is 0. The van der Waals surface area contributed by atoms with Crippen LogP contribution in [0.4, 0.5) is 0 Å². The van der Waals surface area contributed by atoms with Gasteiger partial charge in [0.2, 0.25) is 0 Å². The Morgan fingerprint density at radius 1 is 0.529 bits per heavy atom. The van der Waals surface area contributed by atoms with Crippen molar-refractivity contribution in [1.29, 1.82) is 0 Å². The second-order valence-corrected chi connectivity index (χ2v) is 19.3. The van der Waals surface area contributed by atoms with Gasteiger partial charge in [-0.3, -0.25) is 0 Å². The number of allylic oxidation sites excluding steroid dienone is 8. The molecule has 0 spiro atoms. The molecule has 3 aliphatic carbocycles. The van der Waals surface area contributed by atoms with Gasteiger partial charge in [-0.1, -0.05) is 220 Å². The van der Waals surface area contributed by atoms with Crippen LogP contribution in [0.25, 0.3) is 94.2 Å². The van der Waals surface area contributed by atoms with Crippen LogP contribution < -0.4 is 0 Å². The lowest BCUT2D eigenvalue weighted by Crippen LogP contribution is -2.31. The van der Waals surface area contributed by atoms with Gasteiger partial charge in [0.1, 0.15) is 0 Å². The normalized spacial score (nSPS) is 18.3. The average Bonchev–Trinajstić information content (AvgIpc) is 3.89. The first-order valence-electron chi connectivity index (χ1n) is 24.7. The molecule has 1 heterocycles. The van der Waals surface area contributed by atoms with Crippen molar-refractivity contribution in [3.8, 4) is 22.3 Å². The Labute approximate surface area is 399 Å². The van der Waals surface area contributed by atoms with Crippen molar-refractivity contribution in [2.75, 3.05) is 0 Å². The van der Waals surface area contributed by atoms with E-state index in [1.807, 2.05) is 0 Å². The second kappa shape index (κ2) is 16.2. The Morgan fingerprint density at radius 2 is 1.13 bits per heavy atom. The monoisotopic (exact) mass is 871 g/mol. The van der Waals surface area contributed by atoms with Crippen LogP contribution in [0.3, 0.4) is 0 Å². The van der Waals surface area contributed by atoms with Crippen LogP contribution in [-0.2, 0) is 5.41 Å². The summed E-state index contributed by atoms with van der Waals surface area (Å²) in [4.78, 5) is 0. The summed E-state index contributed by atoms with van der Waals surface area (Å²) in [5.41, 5.74) is 15.8. The van der Waals surface area contributed by atoms with Crippen molar-refractivity contribution >= 4 is 72.0 Å². The van der Waals surface area contributed by atoms with E-state index in [9.17, 15) is 0 Å². The summed E-state index contributed by atoms with van der Waals surface area (Å²) in [6.07, 6.45) is 24.4. The third kappa shape index (κ3) is 6.22. The quantitative estimate of drug-likeness (QED) is 0.106. The van der Waals surface area contributed by atoms with Crippen LogP contribution in [0.5, 0.6) is 0 Å². The Bertz CT molecular complexity index is 3740. The maximum Gasteiger partial charge on any atom is 0.0540 e. The first-order chi connectivity index (χ1) is 33.6. The molecule has 1 heteroatoms. The highest BCUT2D eigenvalue weighted by Gasteiger charge is 2.49. The molecular formula is C67H53N. The number of fused-ring (bicyclic) bond motifs is 12. The highest BCUT2D eigenvalue weighted by molar-refractivity contribution is 6.30. The van der Waals surface area contributed by atoms with Gasteiger partial charge in [-0.15, -0.1) is 0 Å². The molecule has 13 rings (SSSR count). The smallest absolute Gasteiger partial charge is 0.0540 e. The molecule has 1 aromatic heterocycles. The molecule has 0 bridgehead atoms. The minimum atomic E-state index is 0.0523. The Hall–Kier alpha value is -7.74. The molecule has 0 saturated heterocycles. The van der Waals surface area contributed by atoms with Crippen molar-refractivity contribution in [2.24, 2.45) is 5.92 Å². The van der Waals surface area contributed by atoms with Crippen molar-refractivity contribution in [2.45, 2.75) is 50.4 Å². The zero-order valence-corrected chi connectivity index (χ0v) is 38.7. The van der Waals surface area contributed by atoms with E-state index in [0.717, 1.165) is 19.3 Å². The molecule has 0 saturated carbocycles. The maximum atomic E-state index is 2.61. The van der Waals surface area contributed by atoms with Gasteiger partial charge in [-0.25, -0.2) is 0 Å². The van der Waals surface area contributed by atoms with Gasteiger partial charge >= 0.3 is 0 Å². The summed E-state index contributed by atoms with van der Waals surface area (Å²) in [5.74, 6) is 1.03. The van der Waals surface area contributed by atoms with E-state index in [4.69, 9.17) is 0 Å². The molecule has 3 aliphatic rings. The summed E-state index contributed by atoms with van der Waals surface area (Å²) >= 11 is 0. The zero-order valence-electron chi connectivity index (χ0n) is 38.7. The van der Waals surface area contributed by atoms with Crippen LogP contribution in [0.2, 0.25) is 0 Å². The van der Waals surface area contributed by atoms with Crippen molar-refractivity contribution in [3.63, 3.8) is 0 Å². The molecule has 0 aliphatic heterocycles. The molecule has 0 radical (unpaired) electrons. The number of hydrogen-bond acceptors (Lipinski definition) is 0. The Morgan fingerprint density at radius 3 is 1.79 bits per heavy atom. The van der Waals surface area contributed by atoms with Crippen LogP contribution in [-0.4, -0.2) is 4.57 Å². The number of aromatic nitrogens is 1. The first kappa shape index (κ1) is 40.5. The summed E-state index contributed by atoms with van der Waals surface area (Å²) in [6.45, 7) is 4.81. The van der Waals surface area contributed by atoms with E-state index in [2.05, 4.69) is 249 Å². The molecule has 0 N–H and O–H groups in total. The molecule has 1 nitrogen and oxygen atoms in total. The van der Waals surface area contributed by atoms with E-state index in [1.165, 1.54) is 110 Å². The molecule has 0 amide bonds. The fourth-order valence-electron chi connectivity index (χ4n) is 12.8. The van der Waals surface area contributed by atoms with Crippen LogP contribution in [0.15, 0.2) is 218 Å². The van der Waals surface area contributed by atoms with Gasteiger partial charge in [0, 0.05) is 33.7 Å². The van der Waals surface area contributed by atoms with Crippen LogP contribution >= 0.6 is 0 Å². The van der Waals surface area contributed by atoms with E-state index >= 15 is 0 Å². The number of hydrogen-bond donors (Lipinski definition) is 0. The third-order valence-electron chi connectivity index (χ3n) is 16.1. The molecule has 68 heavy (non-hydrogen) atoms. The van der Waals surface area contributed by atoms with Crippen molar-refractivity contribution < 1.29 is 0 Å². The van der Waals surface area contributed by atoms with Gasteiger partial charge < -0.3 is 4.57 Å². The summed E-state index contributed by atoms with van der Waals surface area (Å²) in [5, 5.41) is 10.6. The Kier molecular flexibility index (Phi) is 9.68. The predicted molar refractivity (Wildman–Crippen MR) is 292 cm³/mol. The molecule has 9 aromatic carbocycles. The molecule has 3 unspecified atom stereocenters. The second-order valence-electron chi connectivity index (χ2n) is 19.3. The van der Waals surface area contributed by atoms with E-state index in [0.29, 0.717) is 11.8 Å². The zero-order chi connectivity index (χ0) is 45.3.